The highest BCUT2D eigenvalue weighted by Gasteiger charge is 2.32. The number of carbonyl (C=O) groups is 3. The van der Waals surface area contributed by atoms with Crippen LogP contribution < -0.4 is 20.8 Å². The van der Waals surface area contributed by atoms with Gasteiger partial charge in [-0.25, -0.2) is 18.2 Å². The molecule has 11 nitrogen and oxygen atoms in total. The van der Waals surface area contributed by atoms with Crippen LogP contribution in [0.3, 0.4) is 0 Å². The van der Waals surface area contributed by atoms with Crippen molar-refractivity contribution >= 4 is 27.8 Å². The molecule has 1 atom stereocenters. The van der Waals surface area contributed by atoms with Crippen molar-refractivity contribution < 1.29 is 27.9 Å². The molecule has 43 heavy (non-hydrogen) atoms. The SMILES string of the molecule is CC(C(=O)O)N(NS(=O)(=O)c1ccc2c(c1)CCCC2)C(=O)CNC(=O)C(CCC1CCNCC1)CCC1CCNCC1. The normalized spacial score (nSPS) is 19.0. The quantitative estimate of drug-likeness (QED) is 0.199. The van der Waals surface area contributed by atoms with E-state index in [0.29, 0.717) is 16.8 Å². The van der Waals surface area contributed by atoms with Crippen molar-refractivity contribution in [1.29, 1.82) is 0 Å². The number of nitrogens with one attached hydrogen (secondary N) is 4. The first-order valence-electron chi connectivity index (χ1n) is 16.0. The number of hydrogen-bond acceptors (Lipinski definition) is 7. The van der Waals surface area contributed by atoms with E-state index in [1.807, 2.05) is 0 Å². The number of carboxylic acid groups (broad SMARTS) is 1. The molecule has 12 heteroatoms. The van der Waals surface area contributed by atoms with Gasteiger partial charge in [0, 0.05) is 5.92 Å². The summed E-state index contributed by atoms with van der Waals surface area (Å²) < 4.78 is 26.6. The van der Waals surface area contributed by atoms with Gasteiger partial charge in [0.15, 0.2) is 0 Å². The van der Waals surface area contributed by atoms with E-state index in [1.54, 1.807) is 12.1 Å². The van der Waals surface area contributed by atoms with Gasteiger partial charge in [0.2, 0.25) is 5.91 Å². The number of sulfonamides is 1. The van der Waals surface area contributed by atoms with E-state index >= 15 is 0 Å². The lowest BCUT2D eigenvalue weighted by atomic mass is 9.84. The molecule has 0 saturated carbocycles. The van der Waals surface area contributed by atoms with E-state index < -0.39 is 34.5 Å². The number of carboxylic acids is 1. The fraction of sp³-hybridized carbons (Fsp3) is 0.710. The maximum atomic E-state index is 13.4. The Morgan fingerprint density at radius 2 is 1.49 bits per heavy atom. The fourth-order valence-electron chi connectivity index (χ4n) is 6.53. The lowest BCUT2D eigenvalue weighted by Crippen LogP contribution is -2.56. The van der Waals surface area contributed by atoms with Crippen molar-refractivity contribution in [2.75, 3.05) is 32.7 Å². The summed E-state index contributed by atoms with van der Waals surface area (Å²) in [4.78, 5) is 40.7. The minimum atomic E-state index is -4.24. The van der Waals surface area contributed by atoms with Gasteiger partial charge in [-0.05, 0) is 145 Å². The second kappa shape index (κ2) is 16.0. The van der Waals surface area contributed by atoms with E-state index in [4.69, 9.17) is 0 Å². The van der Waals surface area contributed by atoms with Gasteiger partial charge >= 0.3 is 5.97 Å². The molecule has 2 fully saturated rings. The number of nitrogens with zero attached hydrogens (tertiary/aromatic N) is 1. The third-order valence-corrected chi connectivity index (χ3v) is 10.7. The van der Waals surface area contributed by atoms with Gasteiger partial charge < -0.3 is 21.1 Å². The van der Waals surface area contributed by atoms with Gasteiger partial charge in [-0.15, -0.1) is 4.83 Å². The largest absolute Gasteiger partial charge is 0.480 e. The minimum absolute atomic E-state index is 0.0246. The molecule has 2 heterocycles. The van der Waals surface area contributed by atoms with Gasteiger partial charge in [0.25, 0.3) is 15.9 Å². The Labute approximate surface area is 256 Å². The molecule has 240 valence electrons. The second-order valence-electron chi connectivity index (χ2n) is 12.5. The number of amides is 2. The van der Waals surface area contributed by atoms with Crippen molar-refractivity contribution in [2.45, 2.75) is 94.9 Å². The summed E-state index contributed by atoms with van der Waals surface area (Å²) in [6, 6.07) is 3.39. The molecule has 0 radical (unpaired) electrons. The number of rotatable bonds is 14. The highest BCUT2D eigenvalue weighted by molar-refractivity contribution is 7.89. The fourth-order valence-corrected chi connectivity index (χ4v) is 7.70. The molecule has 2 amide bonds. The summed E-state index contributed by atoms with van der Waals surface area (Å²) in [6.07, 6.45) is 11.4. The van der Waals surface area contributed by atoms with Crippen LogP contribution in [0.2, 0.25) is 0 Å². The maximum absolute atomic E-state index is 13.4. The Morgan fingerprint density at radius 1 is 0.930 bits per heavy atom. The van der Waals surface area contributed by atoms with Crippen LogP contribution in [-0.2, 0) is 37.2 Å². The first-order chi connectivity index (χ1) is 20.6. The summed E-state index contributed by atoms with van der Waals surface area (Å²) in [6.45, 7) is 4.70. The molecule has 2 saturated heterocycles. The monoisotopic (exact) mass is 619 g/mol. The first-order valence-corrected chi connectivity index (χ1v) is 17.5. The van der Waals surface area contributed by atoms with Crippen LogP contribution in [0.25, 0.3) is 0 Å². The van der Waals surface area contributed by atoms with Crippen LogP contribution in [0.15, 0.2) is 23.1 Å². The molecule has 4 rings (SSSR count). The maximum Gasteiger partial charge on any atom is 0.327 e. The topological polar surface area (TPSA) is 157 Å². The van der Waals surface area contributed by atoms with Crippen LogP contribution >= 0.6 is 0 Å². The van der Waals surface area contributed by atoms with Gasteiger partial charge in [-0.1, -0.05) is 6.07 Å². The van der Waals surface area contributed by atoms with Gasteiger partial charge in [0.1, 0.15) is 6.04 Å². The number of carbonyl (C=O) groups excluding carboxylic acids is 2. The zero-order valence-electron chi connectivity index (χ0n) is 25.4. The molecular weight excluding hydrogens is 570 g/mol. The number of benzene rings is 1. The van der Waals surface area contributed by atoms with Gasteiger partial charge in [-0.3, -0.25) is 9.59 Å². The summed E-state index contributed by atoms with van der Waals surface area (Å²) >= 11 is 0. The van der Waals surface area contributed by atoms with Gasteiger partial charge in [-0.2, -0.15) is 0 Å². The number of hydrazine groups is 1. The predicted octanol–water partition coefficient (Wildman–Crippen LogP) is 2.35. The molecule has 1 unspecified atom stereocenters. The Kier molecular flexibility index (Phi) is 12.4. The molecule has 0 bridgehead atoms. The van der Waals surface area contributed by atoms with Crippen molar-refractivity contribution in [2.24, 2.45) is 17.8 Å². The summed E-state index contributed by atoms with van der Waals surface area (Å²) in [7, 11) is -4.24. The molecule has 5 N–H and O–H groups in total. The van der Waals surface area contributed by atoms with E-state index in [1.165, 1.54) is 13.0 Å². The molecule has 1 aromatic rings. The predicted molar refractivity (Wildman–Crippen MR) is 164 cm³/mol. The van der Waals surface area contributed by atoms with Crippen LogP contribution in [0, 0.1) is 17.8 Å². The molecule has 0 spiro atoms. The molecule has 2 aliphatic heterocycles. The van der Waals surface area contributed by atoms with E-state index in [-0.39, 0.29) is 16.7 Å². The van der Waals surface area contributed by atoms with Crippen LogP contribution in [-0.4, -0.2) is 75.1 Å². The molecule has 1 aliphatic carbocycles. The van der Waals surface area contributed by atoms with Crippen LogP contribution in [0.5, 0.6) is 0 Å². The van der Waals surface area contributed by atoms with E-state index in [2.05, 4.69) is 20.8 Å². The summed E-state index contributed by atoms with van der Waals surface area (Å²) in [5.41, 5.74) is 2.06. The third-order valence-electron chi connectivity index (χ3n) is 9.41. The van der Waals surface area contributed by atoms with Crippen LogP contribution in [0.1, 0.15) is 82.3 Å². The van der Waals surface area contributed by atoms with Crippen molar-refractivity contribution in [3.63, 3.8) is 0 Å². The van der Waals surface area contributed by atoms with E-state index in [9.17, 15) is 27.9 Å². The van der Waals surface area contributed by atoms with Gasteiger partial charge in [0.05, 0.1) is 11.4 Å². The zero-order chi connectivity index (χ0) is 30.8. The number of aliphatic carboxylic acids is 1. The number of piperidine rings is 2. The average Bonchev–Trinajstić information content (AvgIpc) is 3.02. The number of fused-ring (bicyclic) bond motifs is 1. The summed E-state index contributed by atoms with van der Waals surface area (Å²) in [5.74, 6) is -1.55. The number of hydrogen-bond donors (Lipinski definition) is 5. The molecule has 1 aromatic carbocycles. The van der Waals surface area contributed by atoms with Crippen molar-refractivity contribution in [1.82, 2.24) is 25.8 Å². The highest BCUT2D eigenvalue weighted by Crippen LogP contribution is 2.27. The molecule has 0 aromatic heterocycles. The first kappa shape index (κ1) is 33.4. The lowest BCUT2D eigenvalue weighted by Gasteiger charge is -2.28. The minimum Gasteiger partial charge on any atom is -0.480 e. The second-order valence-corrected chi connectivity index (χ2v) is 14.1. The molecule has 3 aliphatic rings. The van der Waals surface area contributed by atoms with Crippen molar-refractivity contribution in [3.8, 4) is 0 Å². The Bertz CT molecular complexity index is 1190. The van der Waals surface area contributed by atoms with Crippen molar-refractivity contribution in [3.05, 3.63) is 29.3 Å². The third kappa shape index (κ3) is 9.72. The lowest BCUT2D eigenvalue weighted by molar-refractivity contribution is -0.150. The highest BCUT2D eigenvalue weighted by atomic mass is 32.2. The van der Waals surface area contributed by atoms with Crippen LogP contribution in [0.4, 0.5) is 0 Å². The Balaban J connectivity index is 1.40. The van der Waals surface area contributed by atoms with E-state index in [0.717, 1.165) is 114 Å². The Morgan fingerprint density at radius 3 is 2.05 bits per heavy atom. The zero-order valence-corrected chi connectivity index (χ0v) is 26.2. The smallest absolute Gasteiger partial charge is 0.327 e. The number of aryl methyl sites for hydroxylation is 2. The summed E-state index contributed by atoms with van der Waals surface area (Å²) in [5, 5.41) is 19.7. The average molecular weight is 620 g/mol. The molecular formula is C31H49N5O6S. The Hall–Kier alpha value is -2.54. The standard InChI is InChI=1S/C31H49N5O6S/c1-22(31(39)40)36(35-43(41,42)28-11-10-25-4-2-3-5-27(25)20-28)29(37)21-34-30(38)26(8-6-23-12-16-32-17-13-23)9-7-24-14-18-33-19-15-24/h10-11,20,22-24,26,32-33,35H,2-9,12-19,21H2,1H3,(H,34,38)(H,39,40).